The van der Waals surface area contributed by atoms with Crippen molar-refractivity contribution in [3.8, 4) is 11.1 Å². The lowest BCUT2D eigenvalue weighted by atomic mass is 9.96. The molecular formula is C17H22N2OS. The minimum Gasteiger partial charge on any atom is -0.372 e. The van der Waals surface area contributed by atoms with Crippen molar-refractivity contribution in [1.82, 2.24) is 10.3 Å². The van der Waals surface area contributed by atoms with Crippen molar-refractivity contribution < 1.29 is 4.74 Å². The lowest BCUT2D eigenvalue weighted by Gasteiger charge is -2.29. The minimum absolute atomic E-state index is 0.103. The van der Waals surface area contributed by atoms with Gasteiger partial charge >= 0.3 is 0 Å². The smallest absolute Gasteiger partial charge is 0.0966 e. The van der Waals surface area contributed by atoms with Crippen LogP contribution in [-0.4, -0.2) is 23.7 Å². The van der Waals surface area contributed by atoms with E-state index in [1.165, 1.54) is 21.6 Å². The predicted molar refractivity (Wildman–Crippen MR) is 87.7 cm³/mol. The molecule has 3 heterocycles. The van der Waals surface area contributed by atoms with E-state index in [1.807, 2.05) is 29.8 Å². The Morgan fingerprint density at radius 2 is 2.29 bits per heavy atom. The van der Waals surface area contributed by atoms with Crippen molar-refractivity contribution in [3.05, 3.63) is 40.3 Å². The third-order valence-corrected chi connectivity index (χ3v) is 4.73. The van der Waals surface area contributed by atoms with E-state index in [1.54, 1.807) is 0 Å². The first-order valence-electron chi connectivity index (χ1n) is 7.42. The van der Waals surface area contributed by atoms with Gasteiger partial charge in [-0.3, -0.25) is 4.98 Å². The van der Waals surface area contributed by atoms with Crippen LogP contribution in [0.5, 0.6) is 0 Å². The highest BCUT2D eigenvalue weighted by Crippen LogP contribution is 2.39. The molecule has 0 aromatic carbocycles. The average Bonchev–Trinajstić information content (AvgIpc) is 2.90. The topological polar surface area (TPSA) is 34.1 Å². The standard InChI is InChI=1S/C17H22N2OS/c1-17(2,3)19-10-14-16-13(12-5-4-7-18-9-12)11-21-15(16)6-8-20-14/h4-5,7,9,11,14,19H,6,8,10H2,1-3H3. The van der Waals surface area contributed by atoms with Crippen LogP contribution >= 0.6 is 11.3 Å². The SMILES string of the molecule is CC(C)(C)NCC1OCCc2scc(-c3cccnc3)c21. The Balaban J connectivity index is 1.91. The van der Waals surface area contributed by atoms with Gasteiger partial charge in [0.15, 0.2) is 0 Å². The highest BCUT2D eigenvalue weighted by Gasteiger charge is 2.27. The fraction of sp³-hybridized carbons (Fsp3) is 0.471. The van der Waals surface area contributed by atoms with Gasteiger partial charge in [-0.05, 0) is 32.2 Å². The van der Waals surface area contributed by atoms with Gasteiger partial charge in [0.2, 0.25) is 0 Å². The van der Waals surface area contributed by atoms with Crippen molar-refractivity contribution in [2.75, 3.05) is 13.2 Å². The molecule has 21 heavy (non-hydrogen) atoms. The number of rotatable bonds is 3. The summed E-state index contributed by atoms with van der Waals surface area (Å²) in [6.07, 6.45) is 4.91. The van der Waals surface area contributed by atoms with E-state index < -0.39 is 0 Å². The monoisotopic (exact) mass is 302 g/mol. The lowest BCUT2D eigenvalue weighted by molar-refractivity contribution is 0.0401. The Hall–Kier alpha value is -1.23. The summed E-state index contributed by atoms with van der Waals surface area (Å²) in [6.45, 7) is 8.22. The third kappa shape index (κ3) is 3.34. The van der Waals surface area contributed by atoms with Crippen molar-refractivity contribution in [3.63, 3.8) is 0 Å². The molecule has 0 aliphatic carbocycles. The number of ether oxygens (including phenoxy) is 1. The second kappa shape index (κ2) is 5.87. The van der Waals surface area contributed by atoms with Crippen LogP contribution in [0.1, 0.15) is 37.3 Å². The number of fused-ring (bicyclic) bond motifs is 1. The van der Waals surface area contributed by atoms with Gasteiger partial charge in [-0.25, -0.2) is 0 Å². The summed E-state index contributed by atoms with van der Waals surface area (Å²) >= 11 is 1.85. The molecule has 2 aromatic rings. The van der Waals surface area contributed by atoms with Crippen LogP contribution in [-0.2, 0) is 11.2 Å². The second-order valence-corrected chi connectivity index (χ2v) is 7.43. The normalized spacial score (nSPS) is 18.5. The number of pyridine rings is 1. The predicted octanol–water partition coefficient (Wildman–Crippen LogP) is 3.81. The van der Waals surface area contributed by atoms with E-state index in [0.717, 1.165) is 19.6 Å². The molecule has 1 atom stereocenters. The third-order valence-electron chi connectivity index (χ3n) is 3.67. The highest BCUT2D eigenvalue weighted by molar-refractivity contribution is 7.10. The van der Waals surface area contributed by atoms with Crippen LogP contribution < -0.4 is 5.32 Å². The number of nitrogens with zero attached hydrogens (tertiary/aromatic N) is 1. The molecule has 1 N–H and O–H groups in total. The Morgan fingerprint density at radius 1 is 1.43 bits per heavy atom. The largest absolute Gasteiger partial charge is 0.372 e. The second-order valence-electron chi connectivity index (χ2n) is 6.47. The highest BCUT2D eigenvalue weighted by atomic mass is 32.1. The first-order valence-corrected chi connectivity index (χ1v) is 8.30. The molecule has 1 aliphatic heterocycles. The molecule has 4 heteroatoms. The van der Waals surface area contributed by atoms with Crippen molar-refractivity contribution in [2.24, 2.45) is 0 Å². The summed E-state index contributed by atoms with van der Waals surface area (Å²) < 4.78 is 6.04. The zero-order valence-electron chi connectivity index (χ0n) is 12.8. The van der Waals surface area contributed by atoms with Gasteiger partial charge in [-0.15, -0.1) is 11.3 Å². The van der Waals surface area contributed by atoms with Crippen molar-refractivity contribution >= 4 is 11.3 Å². The molecule has 0 amide bonds. The van der Waals surface area contributed by atoms with E-state index >= 15 is 0 Å². The maximum absolute atomic E-state index is 6.04. The van der Waals surface area contributed by atoms with Crippen molar-refractivity contribution in [2.45, 2.75) is 38.8 Å². The average molecular weight is 302 g/mol. The summed E-state index contributed by atoms with van der Waals surface area (Å²) in [5, 5.41) is 5.82. The Labute approximate surface area is 130 Å². The Kier molecular flexibility index (Phi) is 4.11. The van der Waals surface area contributed by atoms with Gasteiger partial charge in [-0.1, -0.05) is 6.07 Å². The molecule has 1 unspecified atom stereocenters. The first-order chi connectivity index (χ1) is 10.0. The van der Waals surface area contributed by atoms with Gasteiger partial charge in [0.1, 0.15) is 0 Å². The summed E-state index contributed by atoms with van der Waals surface area (Å²) in [5.74, 6) is 0. The van der Waals surface area contributed by atoms with Crippen molar-refractivity contribution in [1.29, 1.82) is 0 Å². The molecule has 0 spiro atoms. The molecular weight excluding hydrogens is 280 g/mol. The zero-order valence-corrected chi connectivity index (χ0v) is 13.7. The molecule has 0 fully saturated rings. The van der Waals surface area contributed by atoms with Crippen LogP contribution in [0.25, 0.3) is 11.1 Å². The molecule has 3 nitrogen and oxygen atoms in total. The molecule has 112 valence electrons. The minimum atomic E-state index is 0.103. The van der Waals surface area contributed by atoms with Gasteiger partial charge in [0.05, 0.1) is 12.7 Å². The molecule has 0 radical (unpaired) electrons. The molecule has 1 aliphatic rings. The fourth-order valence-electron chi connectivity index (χ4n) is 2.64. The molecule has 0 bridgehead atoms. The maximum Gasteiger partial charge on any atom is 0.0966 e. The summed E-state index contributed by atoms with van der Waals surface area (Å²) in [4.78, 5) is 5.71. The van der Waals surface area contributed by atoms with Crippen LogP contribution in [0.4, 0.5) is 0 Å². The van der Waals surface area contributed by atoms with Gasteiger partial charge < -0.3 is 10.1 Å². The van der Waals surface area contributed by atoms with Crippen LogP contribution in [0, 0.1) is 0 Å². The van der Waals surface area contributed by atoms with Gasteiger partial charge in [0, 0.05) is 52.5 Å². The summed E-state index contributed by atoms with van der Waals surface area (Å²) in [6, 6.07) is 4.11. The molecule has 0 saturated carbocycles. The number of thiophene rings is 1. The van der Waals surface area contributed by atoms with Crippen LogP contribution in [0.15, 0.2) is 29.9 Å². The Bertz CT molecular complexity index is 601. The molecule has 3 rings (SSSR count). The summed E-state index contributed by atoms with van der Waals surface area (Å²) in [7, 11) is 0. The number of aromatic nitrogens is 1. The van der Waals surface area contributed by atoms with E-state index in [-0.39, 0.29) is 11.6 Å². The Morgan fingerprint density at radius 3 is 3.00 bits per heavy atom. The van der Waals surface area contributed by atoms with Gasteiger partial charge in [0.25, 0.3) is 0 Å². The van der Waals surface area contributed by atoms with E-state index in [2.05, 4.69) is 42.5 Å². The molecule has 0 saturated heterocycles. The maximum atomic E-state index is 6.04. The quantitative estimate of drug-likeness (QED) is 0.936. The van der Waals surface area contributed by atoms with E-state index in [4.69, 9.17) is 4.74 Å². The zero-order chi connectivity index (χ0) is 14.9. The van der Waals surface area contributed by atoms with Crippen LogP contribution in [0.3, 0.4) is 0 Å². The summed E-state index contributed by atoms with van der Waals surface area (Å²) in [5.41, 5.74) is 3.92. The van der Waals surface area contributed by atoms with Gasteiger partial charge in [-0.2, -0.15) is 0 Å². The van der Waals surface area contributed by atoms with E-state index in [9.17, 15) is 0 Å². The number of hydrogen-bond donors (Lipinski definition) is 1. The van der Waals surface area contributed by atoms with E-state index in [0.29, 0.717) is 0 Å². The first kappa shape index (κ1) is 14.7. The lowest BCUT2D eigenvalue weighted by Crippen LogP contribution is -2.40. The number of hydrogen-bond acceptors (Lipinski definition) is 4. The number of nitrogens with one attached hydrogen (secondary N) is 1. The fourth-order valence-corrected chi connectivity index (χ4v) is 3.73. The van der Waals surface area contributed by atoms with Crippen LogP contribution in [0.2, 0.25) is 0 Å². The molecule has 2 aromatic heterocycles.